The van der Waals surface area contributed by atoms with E-state index in [-0.39, 0.29) is 30.0 Å². The number of furan rings is 1. The molecule has 2 heterocycles. The van der Waals surface area contributed by atoms with Gasteiger partial charge in [-0.1, -0.05) is 0 Å². The van der Waals surface area contributed by atoms with Gasteiger partial charge in [0, 0.05) is 19.6 Å². The van der Waals surface area contributed by atoms with Crippen molar-refractivity contribution in [1.82, 2.24) is 15.5 Å². The molecule has 1 unspecified atom stereocenters. The topological polar surface area (TPSA) is 74.6 Å². The van der Waals surface area contributed by atoms with Crippen molar-refractivity contribution in [3.8, 4) is 0 Å². The van der Waals surface area contributed by atoms with E-state index in [1.165, 1.54) is 6.26 Å². The van der Waals surface area contributed by atoms with Gasteiger partial charge in [-0.25, -0.2) is 0 Å². The molecule has 0 radical (unpaired) electrons. The summed E-state index contributed by atoms with van der Waals surface area (Å²) in [6, 6.07) is 2.67. The zero-order valence-electron chi connectivity index (χ0n) is 11.4. The van der Waals surface area contributed by atoms with Crippen LogP contribution < -0.4 is 10.6 Å². The lowest BCUT2D eigenvalue weighted by molar-refractivity contribution is -0.132. The fourth-order valence-corrected chi connectivity index (χ4v) is 2.08. The van der Waals surface area contributed by atoms with Gasteiger partial charge in [-0.2, -0.15) is 0 Å². The van der Waals surface area contributed by atoms with Gasteiger partial charge in [0.05, 0.1) is 6.26 Å². The summed E-state index contributed by atoms with van der Waals surface area (Å²) in [6.07, 6.45) is 2.37. The normalized spacial score (nSPS) is 16.8. The molecule has 2 rings (SSSR count). The van der Waals surface area contributed by atoms with Gasteiger partial charge < -0.3 is 20.0 Å². The SMILES string of the molecule is CC(NC(=O)c1ccco1)C(=O)N1CCCNCC1.Cl. The van der Waals surface area contributed by atoms with Crippen LogP contribution in [0.15, 0.2) is 22.8 Å². The maximum Gasteiger partial charge on any atom is 0.287 e. The second-order valence-corrected chi connectivity index (χ2v) is 4.60. The highest BCUT2D eigenvalue weighted by molar-refractivity contribution is 5.95. The van der Waals surface area contributed by atoms with Crippen molar-refractivity contribution in [1.29, 1.82) is 0 Å². The van der Waals surface area contributed by atoms with E-state index in [9.17, 15) is 9.59 Å². The monoisotopic (exact) mass is 301 g/mol. The van der Waals surface area contributed by atoms with Crippen LogP contribution in [0.25, 0.3) is 0 Å². The highest BCUT2D eigenvalue weighted by Gasteiger charge is 2.23. The van der Waals surface area contributed by atoms with E-state index >= 15 is 0 Å². The van der Waals surface area contributed by atoms with E-state index in [1.54, 1.807) is 24.0 Å². The maximum absolute atomic E-state index is 12.2. The predicted molar refractivity (Wildman–Crippen MR) is 77.0 cm³/mol. The first-order valence-electron chi connectivity index (χ1n) is 6.52. The molecule has 1 aromatic heterocycles. The quantitative estimate of drug-likeness (QED) is 0.859. The third-order valence-electron chi connectivity index (χ3n) is 3.11. The molecule has 1 atom stereocenters. The summed E-state index contributed by atoms with van der Waals surface area (Å²) in [5, 5.41) is 5.89. The van der Waals surface area contributed by atoms with Crippen LogP contribution in [-0.2, 0) is 4.79 Å². The van der Waals surface area contributed by atoms with Crippen molar-refractivity contribution in [3.05, 3.63) is 24.2 Å². The van der Waals surface area contributed by atoms with E-state index in [0.29, 0.717) is 6.54 Å². The third kappa shape index (κ3) is 4.25. The molecule has 7 heteroatoms. The van der Waals surface area contributed by atoms with E-state index in [0.717, 1.165) is 26.1 Å². The van der Waals surface area contributed by atoms with E-state index in [4.69, 9.17) is 4.42 Å². The van der Waals surface area contributed by atoms with Gasteiger partial charge in [0.1, 0.15) is 6.04 Å². The lowest BCUT2D eigenvalue weighted by atomic mass is 10.2. The number of rotatable bonds is 3. The molecule has 1 aliphatic heterocycles. The van der Waals surface area contributed by atoms with E-state index < -0.39 is 6.04 Å². The molecule has 20 heavy (non-hydrogen) atoms. The molecule has 1 aliphatic rings. The average Bonchev–Trinajstić information content (AvgIpc) is 2.81. The fourth-order valence-electron chi connectivity index (χ4n) is 2.08. The Hall–Kier alpha value is -1.53. The molecule has 1 aromatic rings. The minimum atomic E-state index is -0.546. The van der Waals surface area contributed by atoms with Gasteiger partial charge in [-0.05, 0) is 32.0 Å². The summed E-state index contributed by atoms with van der Waals surface area (Å²) in [5.41, 5.74) is 0. The zero-order chi connectivity index (χ0) is 13.7. The number of hydrogen-bond acceptors (Lipinski definition) is 4. The van der Waals surface area contributed by atoms with Crippen molar-refractivity contribution >= 4 is 24.2 Å². The molecule has 112 valence electrons. The maximum atomic E-state index is 12.2. The molecule has 2 N–H and O–H groups in total. The second-order valence-electron chi connectivity index (χ2n) is 4.60. The Morgan fingerprint density at radius 1 is 1.40 bits per heavy atom. The molecular weight excluding hydrogens is 282 g/mol. The molecule has 2 amide bonds. The molecule has 0 spiro atoms. The van der Waals surface area contributed by atoms with Crippen molar-refractivity contribution < 1.29 is 14.0 Å². The van der Waals surface area contributed by atoms with Crippen LogP contribution in [0.4, 0.5) is 0 Å². The van der Waals surface area contributed by atoms with E-state index in [2.05, 4.69) is 10.6 Å². The Bertz CT molecular complexity index is 428. The Kier molecular flexibility index (Phi) is 6.54. The first kappa shape index (κ1) is 16.5. The first-order valence-corrected chi connectivity index (χ1v) is 6.52. The summed E-state index contributed by atoms with van der Waals surface area (Å²) in [5.74, 6) is -0.195. The molecule has 0 bridgehead atoms. The van der Waals surface area contributed by atoms with Crippen molar-refractivity contribution in [2.24, 2.45) is 0 Å². The minimum absolute atomic E-state index is 0. The van der Waals surface area contributed by atoms with Crippen LogP contribution in [0.2, 0.25) is 0 Å². The second kappa shape index (κ2) is 7.91. The average molecular weight is 302 g/mol. The smallest absolute Gasteiger partial charge is 0.287 e. The minimum Gasteiger partial charge on any atom is -0.459 e. The van der Waals surface area contributed by atoms with Crippen LogP contribution >= 0.6 is 12.4 Å². The van der Waals surface area contributed by atoms with Crippen molar-refractivity contribution in [2.45, 2.75) is 19.4 Å². The molecule has 0 aromatic carbocycles. The molecule has 1 fully saturated rings. The summed E-state index contributed by atoms with van der Waals surface area (Å²) >= 11 is 0. The predicted octanol–water partition coefficient (Wildman–Crippen LogP) is 0.642. The highest BCUT2D eigenvalue weighted by Crippen LogP contribution is 2.03. The van der Waals surface area contributed by atoms with E-state index in [1.807, 2.05) is 0 Å². The molecule has 6 nitrogen and oxygen atoms in total. The molecule has 0 aliphatic carbocycles. The molecule has 1 saturated heterocycles. The highest BCUT2D eigenvalue weighted by atomic mass is 35.5. The van der Waals surface area contributed by atoms with Crippen molar-refractivity contribution in [2.75, 3.05) is 26.2 Å². The summed E-state index contributed by atoms with van der Waals surface area (Å²) in [7, 11) is 0. The van der Waals surface area contributed by atoms with Crippen LogP contribution in [0.5, 0.6) is 0 Å². The van der Waals surface area contributed by atoms with Gasteiger partial charge in [-0.3, -0.25) is 9.59 Å². The first-order chi connectivity index (χ1) is 9.18. The van der Waals surface area contributed by atoms with Gasteiger partial charge in [0.15, 0.2) is 5.76 Å². The van der Waals surface area contributed by atoms with Gasteiger partial charge >= 0.3 is 0 Å². The number of nitrogens with zero attached hydrogens (tertiary/aromatic N) is 1. The number of amides is 2. The number of carbonyl (C=O) groups is 2. The Morgan fingerprint density at radius 2 is 2.20 bits per heavy atom. The third-order valence-corrected chi connectivity index (χ3v) is 3.11. The number of nitrogens with one attached hydrogen (secondary N) is 2. The van der Waals surface area contributed by atoms with Crippen molar-refractivity contribution in [3.63, 3.8) is 0 Å². The largest absolute Gasteiger partial charge is 0.459 e. The lowest BCUT2D eigenvalue weighted by Gasteiger charge is -2.24. The zero-order valence-corrected chi connectivity index (χ0v) is 12.2. The van der Waals surface area contributed by atoms with Crippen LogP contribution in [-0.4, -0.2) is 48.9 Å². The van der Waals surface area contributed by atoms with Gasteiger partial charge in [0.25, 0.3) is 5.91 Å². The van der Waals surface area contributed by atoms with Crippen LogP contribution in [0, 0.1) is 0 Å². The lowest BCUT2D eigenvalue weighted by Crippen LogP contribution is -2.47. The molecule has 0 saturated carbocycles. The van der Waals surface area contributed by atoms with Crippen LogP contribution in [0.1, 0.15) is 23.9 Å². The summed E-state index contributed by atoms with van der Waals surface area (Å²) < 4.78 is 4.99. The number of halogens is 1. The Morgan fingerprint density at radius 3 is 2.90 bits per heavy atom. The Labute approximate surface area is 124 Å². The molecular formula is C13H20ClN3O3. The van der Waals surface area contributed by atoms with Crippen LogP contribution in [0.3, 0.4) is 0 Å². The summed E-state index contributed by atoms with van der Waals surface area (Å²) in [4.78, 5) is 25.8. The Balaban J connectivity index is 0.00000200. The number of hydrogen-bond donors (Lipinski definition) is 2. The standard InChI is InChI=1S/C13H19N3O3.ClH/c1-10(15-12(17)11-4-2-9-19-11)13(18)16-7-3-5-14-6-8-16;/h2,4,9-10,14H,3,5-8H2,1H3,(H,15,17);1H. The number of carbonyl (C=O) groups excluding carboxylic acids is 2. The van der Waals surface area contributed by atoms with Gasteiger partial charge in [-0.15, -0.1) is 12.4 Å². The summed E-state index contributed by atoms with van der Waals surface area (Å²) in [6.45, 7) is 4.83. The fraction of sp³-hybridized carbons (Fsp3) is 0.538. The van der Waals surface area contributed by atoms with Gasteiger partial charge in [0.2, 0.25) is 5.91 Å².